The molecular weight excluding hydrogens is 348 g/mol. The summed E-state index contributed by atoms with van der Waals surface area (Å²) < 4.78 is 6.55. The molecule has 0 saturated carbocycles. The van der Waals surface area contributed by atoms with Crippen molar-refractivity contribution in [2.45, 2.75) is 17.9 Å². The Morgan fingerprint density at radius 1 is 1.29 bits per heavy atom. The van der Waals surface area contributed by atoms with Crippen LogP contribution < -0.4 is 10.1 Å². The average Bonchev–Trinajstić information content (AvgIpc) is 2.53. The van der Waals surface area contributed by atoms with Gasteiger partial charge in [-0.3, -0.25) is 4.98 Å². The molecule has 0 bridgehead atoms. The number of hydrogen-bond acceptors (Lipinski definition) is 4. The third kappa shape index (κ3) is 4.46. The van der Waals surface area contributed by atoms with E-state index in [0.717, 1.165) is 28.2 Å². The topological polar surface area (TPSA) is 34.2 Å². The number of aromatic nitrogens is 1. The predicted octanol–water partition coefficient (Wildman–Crippen LogP) is 4.30. The summed E-state index contributed by atoms with van der Waals surface area (Å²) in [6.07, 6.45) is 1.81. The summed E-state index contributed by atoms with van der Waals surface area (Å²) in [5.74, 6) is 1.72. The molecule has 1 heterocycles. The van der Waals surface area contributed by atoms with Crippen LogP contribution in [0.2, 0.25) is 0 Å². The zero-order valence-electron chi connectivity index (χ0n) is 12.2. The molecule has 0 spiro atoms. The maximum absolute atomic E-state index is 5.43. The summed E-state index contributed by atoms with van der Waals surface area (Å²) in [7, 11) is 1.68. The van der Waals surface area contributed by atoms with Crippen molar-refractivity contribution in [1.29, 1.82) is 0 Å². The van der Waals surface area contributed by atoms with Gasteiger partial charge in [0.2, 0.25) is 0 Å². The van der Waals surface area contributed by atoms with Gasteiger partial charge in [-0.25, -0.2) is 0 Å². The summed E-state index contributed by atoms with van der Waals surface area (Å²) in [5.41, 5.74) is 0.960. The van der Waals surface area contributed by atoms with E-state index in [1.807, 2.05) is 24.4 Å². The van der Waals surface area contributed by atoms with E-state index in [1.54, 1.807) is 18.9 Å². The minimum atomic E-state index is 0.156. The average molecular weight is 367 g/mol. The molecule has 112 valence electrons. The highest BCUT2D eigenvalue weighted by Crippen LogP contribution is 2.32. The van der Waals surface area contributed by atoms with Gasteiger partial charge in [-0.2, -0.15) is 0 Å². The maximum atomic E-state index is 5.43. The number of thioether (sulfide) groups is 1. The van der Waals surface area contributed by atoms with Crippen LogP contribution in [-0.4, -0.2) is 24.4 Å². The molecule has 0 amide bonds. The lowest BCUT2D eigenvalue weighted by Gasteiger charge is -2.19. The standard InChI is InChI=1S/C16H19BrN2OS/c1-3-18-13(16-14(20-2)8-6-10-19-16)11-21-15-9-5-4-7-12(15)17/h4-10,13,18H,3,11H2,1-2H3. The van der Waals surface area contributed by atoms with Crippen molar-refractivity contribution in [3.8, 4) is 5.75 Å². The van der Waals surface area contributed by atoms with E-state index >= 15 is 0 Å². The van der Waals surface area contributed by atoms with Crippen LogP contribution in [0.1, 0.15) is 18.7 Å². The first kappa shape index (κ1) is 16.3. The van der Waals surface area contributed by atoms with Crippen LogP contribution in [-0.2, 0) is 0 Å². The lowest BCUT2D eigenvalue weighted by molar-refractivity contribution is 0.398. The summed E-state index contributed by atoms with van der Waals surface area (Å²) in [6, 6.07) is 12.3. The molecule has 1 aromatic heterocycles. The van der Waals surface area contributed by atoms with Gasteiger partial charge in [-0.05, 0) is 46.7 Å². The van der Waals surface area contributed by atoms with E-state index in [0.29, 0.717) is 0 Å². The van der Waals surface area contributed by atoms with Gasteiger partial charge in [0.1, 0.15) is 5.75 Å². The molecule has 1 N–H and O–H groups in total. The normalized spacial score (nSPS) is 12.1. The second-order valence-electron chi connectivity index (χ2n) is 4.44. The third-order valence-electron chi connectivity index (χ3n) is 3.04. The number of ether oxygens (including phenoxy) is 1. The van der Waals surface area contributed by atoms with Gasteiger partial charge >= 0.3 is 0 Å². The Balaban J connectivity index is 2.14. The maximum Gasteiger partial charge on any atom is 0.142 e. The molecule has 3 nitrogen and oxygen atoms in total. The summed E-state index contributed by atoms with van der Waals surface area (Å²) in [4.78, 5) is 5.72. The summed E-state index contributed by atoms with van der Waals surface area (Å²) in [5, 5.41) is 3.48. The van der Waals surface area contributed by atoms with Gasteiger partial charge < -0.3 is 10.1 Å². The van der Waals surface area contributed by atoms with Crippen molar-refractivity contribution < 1.29 is 4.74 Å². The van der Waals surface area contributed by atoms with Crippen LogP contribution in [0.5, 0.6) is 5.75 Å². The number of hydrogen-bond donors (Lipinski definition) is 1. The fourth-order valence-corrected chi connectivity index (χ4v) is 3.68. The number of nitrogens with zero attached hydrogens (tertiary/aromatic N) is 1. The largest absolute Gasteiger partial charge is 0.495 e. The Morgan fingerprint density at radius 2 is 2.10 bits per heavy atom. The van der Waals surface area contributed by atoms with Gasteiger partial charge in [0.05, 0.1) is 18.8 Å². The third-order valence-corrected chi connectivity index (χ3v) is 5.16. The minimum absolute atomic E-state index is 0.156. The van der Waals surface area contributed by atoms with Crippen LogP contribution in [0.4, 0.5) is 0 Å². The van der Waals surface area contributed by atoms with E-state index in [-0.39, 0.29) is 6.04 Å². The highest BCUT2D eigenvalue weighted by molar-refractivity contribution is 9.10. The molecule has 0 saturated heterocycles. The highest BCUT2D eigenvalue weighted by atomic mass is 79.9. The molecule has 1 atom stereocenters. The Morgan fingerprint density at radius 3 is 2.81 bits per heavy atom. The van der Waals surface area contributed by atoms with Crippen LogP contribution in [0.3, 0.4) is 0 Å². The zero-order chi connectivity index (χ0) is 15.1. The minimum Gasteiger partial charge on any atom is -0.495 e. The van der Waals surface area contributed by atoms with Gasteiger partial charge in [0.25, 0.3) is 0 Å². The fraction of sp³-hybridized carbons (Fsp3) is 0.312. The molecule has 5 heteroatoms. The van der Waals surface area contributed by atoms with Crippen molar-refractivity contribution in [3.63, 3.8) is 0 Å². The van der Waals surface area contributed by atoms with E-state index in [1.165, 1.54) is 4.90 Å². The summed E-state index contributed by atoms with van der Waals surface area (Å²) >= 11 is 5.39. The fourth-order valence-electron chi connectivity index (χ4n) is 2.05. The van der Waals surface area contributed by atoms with Crippen molar-refractivity contribution in [2.24, 2.45) is 0 Å². The number of nitrogens with one attached hydrogen (secondary N) is 1. The Kier molecular flexibility index (Phi) is 6.54. The predicted molar refractivity (Wildman–Crippen MR) is 92.1 cm³/mol. The number of halogens is 1. The van der Waals surface area contributed by atoms with Gasteiger partial charge in [-0.1, -0.05) is 19.1 Å². The molecule has 0 radical (unpaired) electrons. The molecule has 2 rings (SSSR count). The van der Waals surface area contributed by atoms with Crippen LogP contribution in [0.25, 0.3) is 0 Å². The number of methoxy groups -OCH3 is 1. The summed E-state index contributed by atoms with van der Waals surface area (Å²) in [6.45, 7) is 2.99. The lowest BCUT2D eigenvalue weighted by Crippen LogP contribution is -2.24. The quantitative estimate of drug-likeness (QED) is 0.740. The van der Waals surface area contributed by atoms with Crippen molar-refractivity contribution >= 4 is 27.7 Å². The molecular formula is C16H19BrN2OS. The van der Waals surface area contributed by atoms with Crippen LogP contribution in [0, 0.1) is 0 Å². The Labute approximate surface area is 138 Å². The molecule has 1 aromatic carbocycles. The number of rotatable bonds is 7. The molecule has 0 aliphatic carbocycles. The van der Waals surface area contributed by atoms with E-state index < -0.39 is 0 Å². The first-order valence-electron chi connectivity index (χ1n) is 6.85. The van der Waals surface area contributed by atoms with E-state index in [4.69, 9.17) is 4.74 Å². The number of benzene rings is 1. The second kappa shape index (κ2) is 8.41. The first-order valence-corrected chi connectivity index (χ1v) is 8.63. The molecule has 2 aromatic rings. The van der Waals surface area contributed by atoms with Gasteiger partial charge in [-0.15, -0.1) is 11.8 Å². The second-order valence-corrected chi connectivity index (χ2v) is 6.36. The molecule has 0 aliphatic rings. The van der Waals surface area contributed by atoms with Crippen molar-refractivity contribution in [1.82, 2.24) is 10.3 Å². The molecule has 0 aliphatic heterocycles. The van der Waals surface area contributed by atoms with Crippen molar-refractivity contribution in [3.05, 3.63) is 52.8 Å². The SMILES string of the molecule is CCNC(CSc1ccccc1Br)c1ncccc1OC. The Hall–Kier alpha value is -1.04. The zero-order valence-corrected chi connectivity index (χ0v) is 14.6. The van der Waals surface area contributed by atoms with Gasteiger partial charge in [0, 0.05) is 21.3 Å². The Bertz CT molecular complexity index is 580. The van der Waals surface area contributed by atoms with E-state index in [2.05, 4.69) is 51.4 Å². The van der Waals surface area contributed by atoms with Crippen LogP contribution in [0.15, 0.2) is 52.0 Å². The lowest BCUT2D eigenvalue weighted by atomic mass is 10.2. The van der Waals surface area contributed by atoms with Crippen molar-refractivity contribution in [2.75, 3.05) is 19.4 Å². The monoisotopic (exact) mass is 366 g/mol. The first-order chi connectivity index (χ1) is 10.3. The number of pyridine rings is 1. The molecule has 21 heavy (non-hydrogen) atoms. The molecule has 1 unspecified atom stereocenters. The van der Waals surface area contributed by atoms with Crippen LogP contribution >= 0.6 is 27.7 Å². The van der Waals surface area contributed by atoms with E-state index in [9.17, 15) is 0 Å². The molecule has 0 fully saturated rings. The highest BCUT2D eigenvalue weighted by Gasteiger charge is 2.17. The smallest absolute Gasteiger partial charge is 0.142 e. The van der Waals surface area contributed by atoms with Gasteiger partial charge in [0.15, 0.2) is 0 Å².